The lowest BCUT2D eigenvalue weighted by Crippen LogP contribution is -2.35. The molecular weight excluding hydrogens is 329 g/mol. The summed E-state index contributed by atoms with van der Waals surface area (Å²) < 4.78 is 36.6. The molecule has 0 saturated carbocycles. The Balaban J connectivity index is 1.64. The number of rotatable bonds is 5. The Morgan fingerprint density at radius 3 is 2.79 bits per heavy atom. The van der Waals surface area contributed by atoms with Crippen molar-refractivity contribution in [2.24, 2.45) is 5.92 Å². The maximum atomic E-state index is 13.0. The van der Waals surface area contributed by atoms with Gasteiger partial charge in [-0.15, -0.1) is 0 Å². The highest BCUT2D eigenvalue weighted by atomic mass is 32.2. The first-order valence-corrected chi connectivity index (χ1v) is 10.00. The Kier molecular flexibility index (Phi) is 5.01. The molecule has 2 heterocycles. The first-order chi connectivity index (χ1) is 11.4. The van der Waals surface area contributed by atoms with Crippen molar-refractivity contribution < 1.29 is 12.8 Å². The van der Waals surface area contributed by atoms with Crippen LogP contribution >= 0.6 is 0 Å². The molecule has 0 spiro atoms. The summed E-state index contributed by atoms with van der Waals surface area (Å²) in [4.78, 5) is 2.65. The van der Waals surface area contributed by atoms with E-state index >= 15 is 0 Å². The van der Waals surface area contributed by atoms with Gasteiger partial charge < -0.3 is 0 Å². The molecule has 130 valence electrons. The number of halogens is 1. The van der Waals surface area contributed by atoms with E-state index in [0.29, 0.717) is 22.9 Å². The maximum absolute atomic E-state index is 13.0. The summed E-state index contributed by atoms with van der Waals surface area (Å²) in [7, 11) is -3.25. The minimum Gasteiger partial charge on any atom is -0.299 e. The molecule has 1 saturated heterocycles. The smallest absolute Gasteiger partial charge is 0.178 e. The van der Waals surface area contributed by atoms with Gasteiger partial charge in [-0.2, -0.15) is 5.10 Å². The van der Waals surface area contributed by atoms with E-state index in [0.717, 1.165) is 38.0 Å². The Labute approximate surface area is 141 Å². The van der Waals surface area contributed by atoms with Crippen molar-refractivity contribution in [1.82, 2.24) is 15.1 Å². The topological polar surface area (TPSA) is 66.1 Å². The number of sulfone groups is 1. The zero-order chi connectivity index (χ0) is 17.2. The van der Waals surface area contributed by atoms with Crippen LogP contribution in [0.4, 0.5) is 4.39 Å². The van der Waals surface area contributed by atoms with Gasteiger partial charge in [-0.1, -0.05) is 12.1 Å². The number of aromatic amines is 1. The van der Waals surface area contributed by atoms with Crippen LogP contribution in [0.15, 0.2) is 35.4 Å². The van der Waals surface area contributed by atoms with E-state index in [9.17, 15) is 12.8 Å². The Hall–Kier alpha value is -1.73. The van der Waals surface area contributed by atoms with Crippen molar-refractivity contribution in [3.63, 3.8) is 0 Å². The lowest BCUT2D eigenvalue weighted by Gasteiger charge is -2.32. The van der Waals surface area contributed by atoms with Gasteiger partial charge in [0.05, 0.1) is 11.9 Å². The average molecular weight is 351 g/mol. The highest BCUT2D eigenvalue weighted by molar-refractivity contribution is 7.90. The fourth-order valence-electron chi connectivity index (χ4n) is 3.37. The van der Waals surface area contributed by atoms with E-state index in [1.165, 1.54) is 24.6 Å². The summed E-state index contributed by atoms with van der Waals surface area (Å²) in [5.41, 5.74) is 1.79. The summed E-state index contributed by atoms with van der Waals surface area (Å²) in [5, 5.41) is 6.74. The first-order valence-electron chi connectivity index (χ1n) is 8.11. The molecule has 3 rings (SSSR count). The minimum absolute atomic E-state index is 0.220. The molecule has 1 N–H and O–H groups in total. The van der Waals surface area contributed by atoms with E-state index in [2.05, 4.69) is 15.1 Å². The molecule has 24 heavy (non-hydrogen) atoms. The Morgan fingerprint density at radius 1 is 1.33 bits per heavy atom. The standard InChI is InChI=1S/C17H22FN3O2S/c1-24(22,23)17-10-19-20-16(17)9-14-3-2-8-21(12-14)11-13-4-6-15(18)7-5-13/h4-7,10,14H,2-3,8-9,11-12H2,1H3,(H,19,20). The number of benzene rings is 1. The highest BCUT2D eigenvalue weighted by Crippen LogP contribution is 2.24. The second-order valence-electron chi connectivity index (χ2n) is 6.56. The molecule has 0 bridgehead atoms. The summed E-state index contributed by atoms with van der Waals surface area (Å²) >= 11 is 0. The molecule has 1 unspecified atom stereocenters. The van der Waals surface area contributed by atoms with Gasteiger partial charge >= 0.3 is 0 Å². The maximum Gasteiger partial charge on any atom is 0.178 e. The van der Waals surface area contributed by atoms with E-state index in [4.69, 9.17) is 0 Å². The zero-order valence-electron chi connectivity index (χ0n) is 13.7. The van der Waals surface area contributed by atoms with Gasteiger partial charge in [-0.05, 0) is 49.4 Å². The van der Waals surface area contributed by atoms with Crippen molar-refractivity contribution in [2.75, 3.05) is 19.3 Å². The third kappa shape index (κ3) is 4.21. The van der Waals surface area contributed by atoms with Crippen LogP contribution in [-0.2, 0) is 22.8 Å². The fraction of sp³-hybridized carbons (Fsp3) is 0.471. The molecule has 5 nitrogen and oxygen atoms in total. The second kappa shape index (κ2) is 7.03. The van der Waals surface area contributed by atoms with Crippen LogP contribution in [0, 0.1) is 11.7 Å². The summed E-state index contributed by atoms with van der Waals surface area (Å²) in [5.74, 6) is 0.169. The minimum atomic E-state index is -3.25. The van der Waals surface area contributed by atoms with Crippen LogP contribution in [0.2, 0.25) is 0 Å². The van der Waals surface area contributed by atoms with Crippen molar-refractivity contribution >= 4 is 9.84 Å². The normalized spacial score (nSPS) is 19.5. The van der Waals surface area contributed by atoms with Crippen molar-refractivity contribution in [2.45, 2.75) is 30.7 Å². The van der Waals surface area contributed by atoms with Gasteiger partial charge in [0, 0.05) is 19.3 Å². The summed E-state index contributed by atoms with van der Waals surface area (Å²) in [6.07, 6.45) is 5.44. The van der Waals surface area contributed by atoms with Gasteiger partial charge in [0.2, 0.25) is 0 Å². The third-order valence-corrected chi connectivity index (χ3v) is 5.64. The van der Waals surface area contributed by atoms with Crippen LogP contribution in [0.1, 0.15) is 24.1 Å². The van der Waals surface area contributed by atoms with Gasteiger partial charge in [0.15, 0.2) is 9.84 Å². The predicted molar refractivity (Wildman–Crippen MR) is 89.8 cm³/mol. The number of likely N-dealkylation sites (tertiary alicyclic amines) is 1. The number of aromatic nitrogens is 2. The quantitative estimate of drug-likeness (QED) is 0.898. The summed E-state index contributed by atoms with van der Waals surface area (Å²) in [6, 6.07) is 6.60. The monoisotopic (exact) mass is 351 g/mol. The van der Waals surface area contributed by atoms with Gasteiger partial charge in [0.25, 0.3) is 0 Å². The average Bonchev–Trinajstić information content (AvgIpc) is 2.98. The van der Waals surface area contributed by atoms with E-state index in [1.54, 1.807) is 0 Å². The molecule has 7 heteroatoms. The fourth-order valence-corrected chi connectivity index (χ4v) is 4.19. The number of hydrogen-bond donors (Lipinski definition) is 1. The number of nitrogens with one attached hydrogen (secondary N) is 1. The molecule has 0 aliphatic carbocycles. The zero-order valence-corrected chi connectivity index (χ0v) is 14.5. The molecule has 2 aromatic rings. The second-order valence-corrected chi connectivity index (χ2v) is 8.54. The van der Waals surface area contributed by atoms with Crippen molar-refractivity contribution in [3.8, 4) is 0 Å². The van der Waals surface area contributed by atoms with Crippen LogP contribution in [-0.4, -0.2) is 42.9 Å². The third-order valence-electron chi connectivity index (χ3n) is 4.49. The molecular formula is C17H22FN3O2S. The molecule has 1 aliphatic rings. The molecule has 0 amide bonds. The predicted octanol–water partition coefficient (Wildman–Crippen LogP) is 2.41. The van der Waals surface area contributed by atoms with Crippen molar-refractivity contribution in [1.29, 1.82) is 0 Å². The van der Waals surface area contributed by atoms with E-state index in [1.807, 2.05) is 12.1 Å². The first kappa shape index (κ1) is 17.1. The van der Waals surface area contributed by atoms with Crippen molar-refractivity contribution in [3.05, 3.63) is 47.5 Å². The van der Waals surface area contributed by atoms with Crippen LogP contribution < -0.4 is 0 Å². The Bertz CT molecular complexity index is 786. The van der Waals surface area contributed by atoms with Crippen LogP contribution in [0.25, 0.3) is 0 Å². The largest absolute Gasteiger partial charge is 0.299 e. The lowest BCUT2D eigenvalue weighted by atomic mass is 9.93. The number of hydrogen-bond acceptors (Lipinski definition) is 4. The van der Waals surface area contributed by atoms with Gasteiger partial charge in [0.1, 0.15) is 10.7 Å². The van der Waals surface area contributed by atoms with E-state index in [-0.39, 0.29) is 5.82 Å². The lowest BCUT2D eigenvalue weighted by molar-refractivity contribution is 0.166. The van der Waals surface area contributed by atoms with Crippen LogP contribution in [0.5, 0.6) is 0 Å². The van der Waals surface area contributed by atoms with Gasteiger partial charge in [-0.25, -0.2) is 12.8 Å². The number of piperidine rings is 1. The van der Waals surface area contributed by atoms with Crippen LogP contribution in [0.3, 0.4) is 0 Å². The van der Waals surface area contributed by atoms with E-state index < -0.39 is 9.84 Å². The Morgan fingerprint density at radius 2 is 2.08 bits per heavy atom. The SMILES string of the molecule is CS(=O)(=O)c1cn[nH]c1CC1CCCN(Cc2ccc(F)cc2)C1. The number of H-pyrrole nitrogens is 1. The molecule has 0 radical (unpaired) electrons. The molecule has 1 fully saturated rings. The highest BCUT2D eigenvalue weighted by Gasteiger charge is 2.24. The molecule has 1 atom stereocenters. The molecule has 1 aromatic heterocycles. The molecule has 1 aliphatic heterocycles. The molecule has 1 aromatic carbocycles. The summed E-state index contributed by atoms with van der Waals surface area (Å²) in [6.45, 7) is 2.70. The van der Waals surface area contributed by atoms with Gasteiger partial charge in [-0.3, -0.25) is 10.00 Å². The number of nitrogens with zero attached hydrogens (tertiary/aromatic N) is 2.